The molecule has 2 unspecified atom stereocenters. The molecule has 0 radical (unpaired) electrons. The van der Waals surface area contributed by atoms with Crippen molar-refractivity contribution in [1.82, 2.24) is 9.97 Å². The maximum absolute atomic E-state index is 4.59. The number of anilines is 1. The number of aromatic nitrogens is 2. The van der Waals surface area contributed by atoms with E-state index in [-0.39, 0.29) is 0 Å². The predicted molar refractivity (Wildman–Crippen MR) is 71.4 cm³/mol. The van der Waals surface area contributed by atoms with Gasteiger partial charge in [0.05, 0.1) is 18.1 Å². The molecule has 0 aliphatic carbocycles. The predicted octanol–water partition coefficient (Wildman–Crippen LogP) is 3.37. The van der Waals surface area contributed by atoms with Gasteiger partial charge in [-0.2, -0.15) is 0 Å². The summed E-state index contributed by atoms with van der Waals surface area (Å²) in [5.41, 5.74) is 1.11. The van der Waals surface area contributed by atoms with Crippen molar-refractivity contribution >= 4 is 5.82 Å². The minimum Gasteiger partial charge on any atom is -0.353 e. The third-order valence-corrected chi connectivity index (χ3v) is 3.87. The summed E-state index contributed by atoms with van der Waals surface area (Å²) in [6.07, 6.45) is 8.91. The van der Waals surface area contributed by atoms with Crippen LogP contribution in [-0.2, 0) is 0 Å². The van der Waals surface area contributed by atoms with Gasteiger partial charge in [-0.15, -0.1) is 0 Å². The number of nitrogens with zero attached hydrogens (tertiary/aromatic N) is 3. The van der Waals surface area contributed by atoms with Gasteiger partial charge < -0.3 is 4.90 Å². The molecule has 1 aromatic rings. The van der Waals surface area contributed by atoms with E-state index in [0.29, 0.717) is 12.0 Å². The zero-order chi connectivity index (χ0) is 12.3. The second-order valence-electron chi connectivity index (χ2n) is 5.15. The Balaban J connectivity index is 2.11. The Bertz CT molecular complexity index is 347. The standard InChI is InChI=1S/C14H23N3/c1-4-11(2)13-9-16-14(10-15-13)17-8-6-5-7-12(17)3/h9-12H,4-8H2,1-3H3. The van der Waals surface area contributed by atoms with Crippen molar-refractivity contribution in [3.63, 3.8) is 0 Å². The van der Waals surface area contributed by atoms with E-state index >= 15 is 0 Å². The molecular formula is C14H23N3. The third-order valence-electron chi connectivity index (χ3n) is 3.87. The highest BCUT2D eigenvalue weighted by molar-refractivity contribution is 5.37. The van der Waals surface area contributed by atoms with Gasteiger partial charge in [-0.25, -0.2) is 4.98 Å². The van der Waals surface area contributed by atoms with Gasteiger partial charge in [0.1, 0.15) is 5.82 Å². The molecule has 2 heterocycles. The van der Waals surface area contributed by atoms with Gasteiger partial charge in [0, 0.05) is 12.6 Å². The highest BCUT2D eigenvalue weighted by Crippen LogP contribution is 2.23. The largest absolute Gasteiger partial charge is 0.353 e. The minimum absolute atomic E-state index is 0.510. The molecule has 1 saturated heterocycles. The normalized spacial score (nSPS) is 22.5. The lowest BCUT2D eigenvalue weighted by molar-refractivity contribution is 0.480. The average Bonchev–Trinajstić information content (AvgIpc) is 2.39. The smallest absolute Gasteiger partial charge is 0.147 e. The van der Waals surface area contributed by atoms with E-state index in [4.69, 9.17) is 0 Å². The van der Waals surface area contributed by atoms with Crippen LogP contribution < -0.4 is 4.90 Å². The minimum atomic E-state index is 0.510. The molecule has 1 fully saturated rings. The van der Waals surface area contributed by atoms with Gasteiger partial charge in [0.25, 0.3) is 0 Å². The van der Waals surface area contributed by atoms with E-state index in [2.05, 4.69) is 35.6 Å². The Hall–Kier alpha value is -1.12. The summed E-state index contributed by atoms with van der Waals surface area (Å²) in [7, 11) is 0. The quantitative estimate of drug-likeness (QED) is 0.801. The first-order valence-electron chi connectivity index (χ1n) is 6.81. The topological polar surface area (TPSA) is 29.0 Å². The number of piperidine rings is 1. The highest BCUT2D eigenvalue weighted by atomic mass is 15.2. The van der Waals surface area contributed by atoms with Crippen LogP contribution in [0.3, 0.4) is 0 Å². The Morgan fingerprint density at radius 1 is 1.35 bits per heavy atom. The first-order chi connectivity index (χ1) is 8.22. The fourth-order valence-electron chi connectivity index (χ4n) is 2.38. The molecule has 1 aromatic heterocycles. The zero-order valence-electron chi connectivity index (χ0n) is 11.2. The van der Waals surface area contributed by atoms with Crippen molar-refractivity contribution in [3.8, 4) is 0 Å². The van der Waals surface area contributed by atoms with Crippen LogP contribution in [0, 0.1) is 0 Å². The van der Waals surface area contributed by atoms with Crippen LogP contribution in [0.15, 0.2) is 12.4 Å². The Morgan fingerprint density at radius 2 is 2.18 bits per heavy atom. The number of hydrogen-bond acceptors (Lipinski definition) is 3. The van der Waals surface area contributed by atoms with Crippen LogP contribution in [0.25, 0.3) is 0 Å². The summed E-state index contributed by atoms with van der Waals surface area (Å²) in [4.78, 5) is 11.5. The van der Waals surface area contributed by atoms with Crippen LogP contribution >= 0.6 is 0 Å². The summed E-state index contributed by atoms with van der Waals surface area (Å²) in [5, 5.41) is 0. The summed E-state index contributed by atoms with van der Waals surface area (Å²) in [5.74, 6) is 1.56. The van der Waals surface area contributed by atoms with Gasteiger partial charge in [-0.1, -0.05) is 13.8 Å². The Kier molecular flexibility index (Phi) is 3.97. The van der Waals surface area contributed by atoms with E-state index in [1.54, 1.807) is 0 Å². The SMILES string of the molecule is CCC(C)c1cnc(N2CCCCC2C)cn1. The lowest BCUT2D eigenvalue weighted by Gasteiger charge is -2.34. The molecule has 0 amide bonds. The molecule has 2 rings (SSSR count). The van der Waals surface area contributed by atoms with Crippen LogP contribution in [0.5, 0.6) is 0 Å². The average molecular weight is 233 g/mol. The molecule has 17 heavy (non-hydrogen) atoms. The first kappa shape index (κ1) is 12.3. The van der Waals surface area contributed by atoms with Crippen molar-refractivity contribution in [2.24, 2.45) is 0 Å². The van der Waals surface area contributed by atoms with Crippen molar-refractivity contribution in [1.29, 1.82) is 0 Å². The van der Waals surface area contributed by atoms with Gasteiger partial charge in [-0.05, 0) is 38.5 Å². The molecule has 3 heteroatoms. The Morgan fingerprint density at radius 3 is 2.76 bits per heavy atom. The van der Waals surface area contributed by atoms with Gasteiger partial charge in [0.2, 0.25) is 0 Å². The fraction of sp³-hybridized carbons (Fsp3) is 0.714. The molecule has 0 saturated carbocycles. The van der Waals surface area contributed by atoms with Crippen LogP contribution in [0.2, 0.25) is 0 Å². The fourth-order valence-corrected chi connectivity index (χ4v) is 2.38. The summed E-state index contributed by atoms with van der Waals surface area (Å²) >= 11 is 0. The molecule has 1 aliphatic rings. The molecule has 0 N–H and O–H groups in total. The maximum Gasteiger partial charge on any atom is 0.147 e. The summed E-state index contributed by atoms with van der Waals surface area (Å²) in [6, 6.07) is 0.604. The Labute approximate surface area is 104 Å². The van der Waals surface area contributed by atoms with E-state index in [9.17, 15) is 0 Å². The molecule has 1 aliphatic heterocycles. The first-order valence-corrected chi connectivity index (χ1v) is 6.81. The molecule has 3 nitrogen and oxygen atoms in total. The number of rotatable bonds is 3. The molecule has 94 valence electrons. The van der Waals surface area contributed by atoms with E-state index in [1.165, 1.54) is 19.3 Å². The molecule has 0 spiro atoms. The van der Waals surface area contributed by atoms with E-state index in [1.807, 2.05) is 12.4 Å². The van der Waals surface area contributed by atoms with Crippen LogP contribution in [0.4, 0.5) is 5.82 Å². The highest BCUT2D eigenvalue weighted by Gasteiger charge is 2.19. The van der Waals surface area contributed by atoms with Crippen molar-refractivity contribution < 1.29 is 0 Å². The molecular weight excluding hydrogens is 210 g/mol. The summed E-state index contributed by atoms with van der Waals surface area (Å²) in [6.45, 7) is 7.79. The van der Waals surface area contributed by atoms with Gasteiger partial charge in [-0.3, -0.25) is 4.98 Å². The summed E-state index contributed by atoms with van der Waals surface area (Å²) < 4.78 is 0. The van der Waals surface area contributed by atoms with Gasteiger partial charge in [0.15, 0.2) is 0 Å². The van der Waals surface area contributed by atoms with Crippen molar-refractivity contribution in [3.05, 3.63) is 18.1 Å². The van der Waals surface area contributed by atoms with Crippen molar-refractivity contribution in [2.75, 3.05) is 11.4 Å². The number of hydrogen-bond donors (Lipinski definition) is 0. The maximum atomic E-state index is 4.59. The molecule has 0 bridgehead atoms. The van der Waals surface area contributed by atoms with E-state index < -0.39 is 0 Å². The monoisotopic (exact) mass is 233 g/mol. The van der Waals surface area contributed by atoms with Crippen LogP contribution in [0.1, 0.15) is 58.1 Å². The van der Waals surface area contributed by atoms with E-state index in [0.717, 1.165) is 24.5 Å². The van der Waals surface area contributed by atoms with Crippen molar-refractivity contribution in [2.45, 2.75) is 58.4 Å². The zero-order valence-corrected chi connectivity index (χ0v) is 11.2. The second-order valence-corrected chi connectivity index (χ2v) is 5.15. The van der Waals surface area contributed by atoms with Gasteiger partial charge >= 0.3 is 0 Å². The second kappa shape index (κ2) is 5.48. The lowest BCUT2D eigenvalue weighted by atomic mass is 10.0. The van der Waals surface area contributed by atoms with Crippen LogP contribution in [-0.4, -0.2) is 22.6 Å². The molecule has 0 aromatic carbocycles. The molecule has 2 atom stereocenters. The third kappa shape index (κ3) is 2.76. The lowest BCUT2D eigenvalue weighted by Crippen LogP contribution is -2.38.